The van der Waals surface area contributed by atoms with Gasteiger partial charge in [-0.1, -0.05) is 39.2 Å². The van der Waals surface area contributed by atoms with Crippen molar-refractivity contribution >= 4 is 0 Å². The van der Waals surface area contributed by atoms with E-state index in [1.165, 1.54) is 68.9 Å². The Kier molecular flexibility index (Phi) is 5.32. The van der Waals surface area contributed by atoms with Crippen molar-refractivity contribution in [1.29, 1.82) is 0 Å². The molecule has 0 saturated heterocycles. The van der Waals surface area contributed by atoms with E-state index < -0.39 is 0 Å². The fraction of sp³-hybridized carbons (Fsp3) is 0.750. The van der Waals surface area contributed by atoms with E-state index in [9.17, 15) is 5.11 Å². The first-order valence-electron chi connectivity index (χ1n) is 11.1. The number of hydrogen-bond donors (Lipinski definition) is 1. The van der Waals surface area contributed by atoms with Gasteiger partial charge in [-0.2, -0.15) is 0 Å². The van der Waals surface area contributed by atoms with E-state index in [-0.39, 0.29) is 0 Å². The molecule has 2 fully saturated rings. The van der Waals surface area contributed by atoms with Crippen LogP contribution in [0.2, 0.25) is 0 Å². The lowest BCUT2D eigenvalue weighted by molar-refractivity contribution is -0.0646. The SMILES string of the molecule is CCCCCCOC1CC[C@H]2[C@@H]3CCc4cc(O)ccc4[C@H]3CC[C@]12C. The van der Waals surface area contributed by atoms with E-state index in [4.69, 9.17) is 4.74 Å². The lowest BCUT2D eigenvalue weighted by atomic mass is 9.55. The van der Waals surface area contributed by atoms with Gasteiger partial charge in [0.05, 0.1) is 6.10 Å². The Bertz CT molecular complexity index is 625. The molecule has 0 spiro atoms. The third-order valence-corrected chi connectivity index (χ3v) is 7.94. The van der Waals surface area contributed by atoms with Crippen LogP contribution in [0.4, 0.5) is 0 Å². The molecule has 4 rings (SSSR count). The highest BCUT2D eigenvalue weighted by Gasteiger charge is 2.55. The number of aromatic hydroxyl groups is 1. The molecule has 0 bridgehead atoms. The normalized spacial score (nSPS) is 35.6. The molecular formula is C24H36O2. The highest BCUT2D eigenvalue weighted by molar-refractivity contribution is 5.40. The Morgan fingerprint density at radius 3 is 2.85 bits per heavy atom. The molecule has 2 heteroatoms. The Morgan fingerprint density at radius 2 is 2.00 bits per heavy atom. The van der Waals surface area contributed by atoms with Crippen molar-refractivity contribution in [2.75, 3.05) is 6.61 Å². The van der Waals surface area contributed by atoms with Crippen molar-refractivity contribution in [3.05, 3.63) is 29.3 Å². The zero-order valence-corrected chi connectivity index (χ0v) is 16.7. The van der Waals surface area contributed by atoms with Gasteiger partial charge in [0.1, 0.15) is 5.75 Å². The molecular weight excluding hydrogens is 320 g/mol. The Morgan fingerprint density at radius 1 is 1.12 bits per heavy atom. The largest absolute Gasteiger partial charge is 0.508 e. The third kappa shape index (κ3) is 3.19. The lowest BCUT2D eigenvalue weighted by Gasteiger charge is -2.50. The van der Waals surface area contributed by atoms with Gasteiger partial charge in [-0.05, 0) is 91.4 Å². The monoisotopic (exact) mass is 356 g/mol. The summed E-state index contributed by atoms with van der Waals surface area (Å²) in [6.45, 7) is 5.76. The van der Waals surface area contributed by atoms with Crippen molar-refractivity contribution in [2.24, 2.45) is 17.3 Å². The van der Waals surface area contributed by atoms with Gasteiger partial charge in [-0.15, -0.1) is 0 Å². The van der Waals surface area contributed by atoms with E-state index in [1.807, 2.05) is 12.1 Å². The second-order valence-electron chi connectivity index (χ2n) is 9.34. The summed E-state index contributed by atoms with van der Waals surface area (Å²) in [5.41, 5.74) is 3.32. The summed E-state index contributed by atoms with van der Waals surface area (Å²) >= 11 is 0. The van der Waals surface area contributed by atoms with Gasteiger partial charge in [0.15, 0.2) is 0 Å². The van der Waals surface area contributed by atoms with E-state index in [2.05, 4.69) is 19.9 Å². The Balaban J connectivity index is 1.44. The number of rotatable bonds is 6. The second-order valence-corrected chi connectivity index (χ2v) is 9.34. The molecule has 3 aliphatic carbocycles. The first-order chi connectivity index (χ1) is 12.6. The van der Waals surface area contributed by atoms with Crippen LogP contribution < -0.4 is 0 Å². The number of benzene rings is 1. The predicted molar refractivity (Wildman–Crippen MR) is 107 cm³/mol. The van der Waals surface area contributed by atoms with Crippen LogP contribution in [0.15, 0.2) is 18.2 Å². The van der Waals surface area contributed by atoms with Gasteiger partial charge in [-0.25, -0.2) is 0 Å². The maximum atomic E-state index is 9.83. The molecule has 0 radical (unpaired) electrons. The molecule has 0 aromatic heterocycles. The molecule has 26 heavy (non-hydrogen) atoms. The van der Waals surface area contributed by atoms with Gasteiger partial charge in [0, 0.05) is 6.61 Å². The summed E-state index contributed by atoms with van der Waals surface area (Å²) in [5, 5.41) is 9.83. The number of unbranched alkanes of at least 4 members (excludes halogenated alkanes) is 3. The Labute approximate surface area is 159 Å². The number of phenols is 1. The molecule has 144 valence electrons. The minimum absolute atomic E-state index is 0.389. The number of ether oxygens (including phenoxy) is 1. The van der Waals surface area contributed by atoms with Gasteiger partial charge >= 0.3 is 0 Å². The molecule has 5 atom stereocenters. The summed E-state index contributed by atoms with van der Waals surface area (Å²) in [5.74, 6) is 2.78. The van der Waals surface area contributed by atoms with Crippen LogP contribution in [0.3, 0.4) is 0 Å². The summed E-state index contributed by atoms with van der Waals surface area (Å²) in [4.78, 5) is 0. The van der Waals surface area contributed by atoms with Crippen molar-refractivity contribution < 1.29 is 9.84 Å². The Hall–Kier alpha value is -1.02. The first-order valence-corrected chi connectivity index (χ1v) is 11.1. The maximum Gasteiger partial charge on any atom is 0.115 e. The molecule has 1 N–H and O–H groups in total. The second kappa shape index (κ2) is 7.54. The van der Waals surface area contributed by atoms with Crippen LogP contribution in [0, 0.1) is 17.3 Å². The van der Waals surface area contributed by atoms with E-state index >= 15 is 0 Å². The van der Waals surface area contributed by atoms with Gasteiger partial charge in [0.25, 0.3) is 0 Å². The predicted octanol–water partition coefficient (Wildman–Crippen LogP) is 6.21. The minimum atomic E-state index is 0.389. The summed E-state index contributed by atoms with van der Waals surface area (Å²) in [6.07, 6.45) is 13.3. The summed E-state index contributed by atoms with van der Waals surface area (Å²) in [6, 6.07) is 6.11. The standard InChI is InChI=1S/C24H36O2/c1-3-4-5-6-15-26-23-12-11-22-21-9-7-17-16-18(25)8-10-19(17)20(21)13-14-24(22,23)2/h8,10,16,20-23,25H,3-7,9,11-15H2,1-2H3/t20-,21-,22+,23?,24+/m1/s1. The van der Waals surface area contributed by atoms with Crippen molar-refractivity contribution in [3.63, 3.8) is 0 Å². The number of fused-ring (bicyclic) bond motifs is 5. The van der Waals surface area contributed by atoms with Crippen LogP contribution >= 0.6 is 0 Å². The van der Waals surface area contributed by atoms with E-state index in [0.29, 0.717) is 23.2 Å². The van der Waals surface area contributed by atoms with Crippen molar-refractivity contribution in [2.45, 2.75) is 90.1 Å². The highest BCUT2D eigenvalue weighted by atomic mass is 16.5. The molecule has 1 aromatic carbocycles. The van der Waals surface area contributed by atoms with Crippen LogP contribution in [0.1, 0.15) is 88.7 Å². The average molecular weight is 357 g/mol. The maximum absolute atomic E-state index is 9.83. The fourth-order valence-corrected chi connectivity index (χ4v) is 6.55. The zero-order chi connectivity index (χ0) is 18.1. The van der Waals surface area contributed by atoms with Crippen LogP contribution in [-0.4, -0.2) is 17.8 Å². The number of hydrogen-bond acceptors (Lipinski definition) is 2. The molecule has 0 amide bonds. The van der Waals surface area contributed by atoms with Crippen LogP contribution in [-0.2, 0) is 11.2 Å². The third-order valence-electron chi connectivity index (χ3n) is 7.94. The summed E-state index contributed by atoms with van der Waals surface area (Å²) < 4.78 is 6.45. The molecule has 2 saturated carbocycles. The average Bonchev–Trinajstić information content (AvgIpc) is 2.97. The van der Waals surface area contributed by atoms with Crippen LogP contribution in [0.25, 0.3) is 0 Å². The molecule has 2 nitrogen and oxygen atoms in total. The number of phenolic OH excluding ortho intramolecular Hbond substituents is 1. The number of aryl methyl sites for hydroxylation is 1. The van der Waals surface area contributed by atoms with E-state index in [0.717, 1.165) is 24.9 Å². The smallest absolute Gasteiger partial charge is 0.115 e. The van der Waals surface area contributed by atoms with Gasteiger partial charge < -0.3 is 9.84 Å². The zero-order valence-electron chi connectivity index (χ0n) is 16.7. The molecule has 1 aromatic rings. The topological polar surface area (TPSA) is 29.5 Å². The lowest BCUT2D eigenvalue weighted by Crippen LogP contribution is -2.44. The fourth-order valence-electron chi connectivity index (χ4n) is 6.55. The molecule has 0 aliphatic heterocycles. The quantitative estimate of drug-likeness (QED) is 0.614. The molecule has 1 unspecified atom stereocenters. The highest BCUT2D eigenvalue weighted by Crippen LogP contribution is 2.61. The molecule has 3 aliphatic rings. The van der Waals surface area contributed by atoms with E-state index in [1.54, 1.807) is 0 Å². The van der Waals surface area contributed by atoms with Crippen molar-refractivity contribution in [3.8, 4) is 5.75 Å². The van der Waals surface area contributed by atoms with Crippen molar-refractivity contribution in [1.82, 2.24) is 0 Å². The minimum Gasteiger partial charge on any atom is -0.508 e. The molecule has 0 heterocycles. The van der Waals surface area contributed by atoms with Gasteiger partial charge in [0.2, 0.25) is 0 Å². The van der Waals surface area contributed by atoms with Gasteiger partial charge in [-0.3, -0.25) is 0 Å². The first kappa shape index (κ1) is 18.3. The summed E-state index contributed by atoms with van der Waals surface area (Å²) in [7, 11) is 0. The van der Waals surface area contributed by atoms with Crippen LogP contribution in [0.5, 0.6) is 5.75 Å².